The van der Waals surface area contributed by atoms with Crippen molar-refractivity contribution in [3.63, 3.8) is 0 Å². The molecule has 0 aromatic heterocycles. The summed E-state index contributed by atoms with van der Waals surface area (Å²) in [4.78, 5) is 27.3. The average Bonchev–Trinajstić information content (AvgIpc) is 2.48. The monoisotopic (exact) mass is 296 g/mol. The van der Waals surface area contributed by atoms with Gasteiger partial charge in [-0.2, -0.15) is 0 Å². The van der Waals surface area contributed by atoms with Gasteiger partial charge in [-0.25, -0.2) is 0 Å². The van der Waals surface area contributed by atoms with Crippen LogP contribution >= 0.6 is 0 Å². The third-order valence-corrected chi connectivity index (χ3v) is 5.05. The second kappa shape index (κ2) is 7.81. The van der Waals surface area contributed by atoms with Gasteiger partial charge >= 0.3 is 0 Å². The van der Waals surface area contributed by atoms with Crippen molar-refractivity contribution in [2.75, 3.05) is 6.54 Å². The van der Waals surface area contributed by atoms with E-state index in [9.17, 15) is 9.59 Å². The number of hydrogen-bond donors (Lipinski definition) is 1. The van der Waals surface area contributed by atoms with Gasteiger partial charge in [-0.3, -0.25) is 9.59 Å². The zero-order chi connectivity index (χ0) is 16.2. The van der Waals surface area contributed by atoms with E-state index < -0.39 is 0 Å². The van der Waals surface area contributed by atoms with E-state index in [-0.39, 0.29) is 35.7 Å². The fourth-order valence-corrected chi connectivity index (χ4v) is 2.84. The largest absolute Gasteiger partial charge is 0.342 e. The van der Waals surface area contributed by atoms with Crippen LogP contribution in [0, 0.1) is 17.8 Å². The van der Waals surface area contributed by atoms with Crippen LogP contribution in [-0.2, 0) is 9.59 Å². The van der Waals surface area contributed by atoms with Gasteiger partial charge in [0, 0.05) is 6.54 Å². The van der Waals surface area contributed by atoms with Crippen molar-refractivity contribution in [1.82, 2.24) is 10.2 Å². The maximum absolute atomic E-state index is 12.9. The summed E-state index contributed by atoms with van der Waals surface area (Å²) in [6.45, 7) is 13.2. The molecule has 4 heteroatoms. The van der Waals surface area contributed by atoms with Crippen LogP contribution in [0.3, 0.4) is 0 Å². The van der Waals surface area contributed by atoms with Crippen molar-refractivity contribution in [1.29, 1.82) is 0 Å². The molecule has 0 bridgehead atoms. The first kappa shape index (κ1) is 18.0. The lowest BCUT2D eigenvalue weighted by Gasteiger charge is -2.43. The summed E-state index contributed by atoms with van der Waals surface area (Å²) in [5.41, 5.74) is 0. The molecule has 1 aliphatic heterocycles. The van der Waals surface area contributed by atoms with Crippen molar-refractivity contribution in [2.45, 2.75) is 72.9 Å². The minimum absolute atomic E-state index is 0.0255. The molecule has 4 nitrogen and oxygen atoms in total. The highest BCUT2D eigenvalue weighted by molar-refractivity contribution is 5.97. The molecular weight excluding hydrogens is 264 g/mol. The first-order valence-electron chi connectivity index (χ1n) is 8.48. The van der Waals surface area contributed by atoms with Gasteiger partial charge in [-0.15, -0.1) is 0 Å². The molecule has 1 aliphatic rings. The number of rotatable bonds is 7. The molecule has 5 atom stereocenters. The Bertz CT molecular complexity index is 370. The normalized spacial score (nSPS) is 27.2. The second-order valence-electron chi connectivity index (χ2n) is 6.71. The molecule has 1 heterocycles. The first-order chi connectivity index (χ1) is 9.87. The van der Waals surface area contributed by atoms with Crippen molar-refractivity contribution in [3.8, 4) is 0 Å². The maximum Gasteiger partial charge on any atom is 0.246 e. The van der Waals surface area contributed by atoms with Crippen molar-refractivity contribution >= 4 is 11.8 Å². The van der Waals surface area contributed by atoms with Gasteiger partial charge < -0.3 is 10.2 Å². The van der Waals surface area contributed by atoms with E-state index in [1.807, 2.05) is 11.8 Å². The molecule has 122 valence electrons. The Morgan fingerprint density at radius 3 is 2.05 bits per heavy atom. The summed E-state index contributed by atoms with van der Waals surface area (Å²) in [7, 11) is 0. The van der Waals surface area contributed by atoms with Crippen molar-refractivity contribution in [3.05, 3.63) is 0 Å². The predicted octanol–water partition coefficient (Wildman–Crippen LogP) is 2.82. The average molecular weight is 296 g/mol. The molecule has 1 saturated heterocycles. The number of nitrogens with zero attached hydrogens (tertiary/aromatic N) is 1. The Balaban J connectivity index is 3.04. The van der Waals surface area contributed by atoms with E-state index in [2.05, 4.69) is 39.9 Å². The second-order valence-corrected chi connectivity index (χ2v) is 6.71. The van der Waals surface area contributed by atoms with Crippen LogP contribution in [0.5, 0.6) is 0 Å². The van der Waals surface area contributed by atoms with Crippen LogP contribution < -0.4 is 5.32 Å². The molecule has 5 unspecified atom stereocenters. The Morgan fingerprint density at radius 1 is 1.00 bits per heavy atom. The third-order valence-electron chi connectivity index (χ3n) is 5.05. The summed E-state index contributed by atoms with van der Waals surface area (Å²) in [6.07, 6.45) is 2.81. The standard InChI is InChI=1S/C17H32N2O2/c1-7-11(4)10-19-15(13(6)9-3)16(20)18-14(17(19)21)12(5)8-2/h11-15H,7-10H2,1-6H3,(H,18,20). The van der Waals surface area contributed by atoms with Gasteiger partial charge in [-0.1, -0.05) is 60.8 Å². The number of amides is 2. The smallest absolute Gasteiger partial charge is 0.246 e. The molecule has 0 spiro atoms. The summed E-state index contributed by atoms with van der Waals surface area (Å²) < 4.78 is 0. The molecule has 0 aromatic carbocycles. The highest BCUT2D eigenvalue weighted by Crippen LogP contribution is 2.25. The SMILES string of the molecule is CCC(C)CN1C(=O)C(C(C)CC)NC(=O)C1C(C)CC. The first-order valence-corrected chi connectivity index (χ1v) is 8.48. The molecule has 2 amide bonds. The number of carbonyl (C=O) groups excluding carboxylic acids is 2. The number of piperazine rings is 1. The topological polar surface area (TPSA) is 49.4 Å². The Kier molecular flexibility index (Phi) is 6.69. The van der Waals surface area contributed by atoms with E-state index in [0.29, 0.717) is 12.5 Å². The summed E-state index contributed by atoms with van der Waals surface area (Å²) in [6, 6.07) is -0.663. The maximum atomic E-state index is 12.9. The fourth-order valence-electron chi connectivity index (χ4n) is 2.84. The molecule has 1 N–H and O–H groups in total. The molecular formula is C17H32N2O2. The van der Waals surface area contributed by atoms with Gasteiger partial charge in [0.15, 0.2) is 0 Å². The molecule has 0 radical (unpaired) electrons. The minimum Gasteiger partial charge on any atom is -0.342 e. The molecule has 0 saturated carbocycles. The molecule has 1 fully saturated rings. The molecule has 0 aromatic rings. The van der Waals surface area contributed by atoms with Crippen molar-refractivity contribution in [2.24, 2.45) is 17.8 Å². The van der Waals surface area contributed by atoms with Crippen LogP contribution in [0.2, 0.25) is 0 Å². The number of hydrogen-bond acceptors (Lipinski definition) is 2. The Morgan fingerprint density at radius 2 is 1.57 bits per heavy atom. The van der Waals surface area contributed by atoms with E-state index >= 15 is 0 Å². The Hall–Kier alpha value is -1.06. The van der Waals surface area contributed by atoms with Crippen LogP contribution in [0.15, 0.2) is 0 Å². The zero-order valence-corrected chi connectivity index (χ0v) is 14.5. The highest BCUT2D eigenvalue weighted by atomic mass is 16.2. The van der Waals surface area contributed by atoms with Gasteiger partial charge in [0.1, 0.15) is 12.1 Å². The van der Waals surface area contributed by atoms with Gasteiger partial charge in [0.25, 0.3) is 0 Å². The van der Waals surface area contributed by atoms with Crippen LogP contribution in [0.25, 0.3) is 0 Å². The van der Waals surface area contributed by atoms with E-state index in [1.54, 1.807) is 0 Å². The van der Waals surface area contributed by atoms with Crippen molar-refractivity contribution < 1.29 is 9.59 Å². The molecule has 1 rings (SSSR count). The lowest BCUT2D eigenvalue weighted by molar-refractivity contribution is -0.153. The van der Waals surface area contributed by atoms with E-state index in [1.165, 1.54) is 0 Å². The number of nitrogens with one attached hydrogen (secondary N) is 1. The summed E-state index contributed by atoms with van der Waals surface area (Å²) >= 11 is 0. The number of carbonyl (C=O) groups is 2. The van der Waals surface area contributed by atoms with E-state index in [4.69, 9.17) is 0 Å². The quantitative estimate of drug-likeness (QED) is 0.785. The molecule has 21 heavy (non-hydrogen) atoms. The fraction of sp³-hybridized carbons (Fsp3) is 0.882. The third kappa shape index (κ3) is 3.98. The van der Waals surface area contributed by atoms with Gasteiger partial charge in [0.2, 0.25) is 11.8 Å². The van der Waals surface area contributed by atoms with E-state index in [0.717, 1.165) is 19.3 Å². The molecule has 0 aliphatic carbocycles. The zero-order valence-electron chi connectivity index (χ0n) is 14.5. The van der Waals surface area contributed by atoms with Gasteiger partial charge in [0.05, 0.1) is 0 Å². The minimum atomic E-state index is -0.355. The highest BCUT2D eigenvalue weighted by Gasteiger charge is 2.44. The summed E-state index contributed by atoms with van der Waals surface area (Å²) in [5.74, 6) is 0.922. The summed E-state index contributed by atoms with van der Waals surface area (Å²) in [5, 5.41) is 2.97. The van der Waals surface area contributed by atoms with Crippen LogP contribution in [0.4, 0.5) is 0 Å². The van der Waals surface area contributed by atoms with Crippen LogP contribution in [-0.4, -0.2) is 35.3 Å². The predicted molar refractivity (Wildman–Crippen MR) is 85.8 cm³/mol. The lowest BCUT2D eigenvalue weighted by atomic mass is 9.88. The van der Waals surface area contributed by atoms with Gasteiger partial charge in [-0.05, 0) is 17.8 Å². The Labute approximate surface area is 129 Å². The van der Waals surface area contributed by atoms with Crippen LogP contribution in [0.1, 0.15) is 60.8 Å². The lowest BCUT2D eigenvalue weighted by Crippen LogP contribution is -2.67.